The summed E-state index contributed by atoms with van der Waals surface area (Å²) in [5.41, 5.74) is 0.140. The molecular weight excluding hydrogens is 244 g/mol. The van der Waals surface area contributed by atoms with Gasteiger partial charge in [-0.1, -0.05) is 0 Å². The van der Waals surface area contributed by atoms with Crippen molar-refractivity contribution in [1.82, 2.24) is 5.32 Å². The lowest BCUT2D eigenvalue weighted by Gasteiger charge is -2.09. The standard InChI is InChI=1S/C10H14N2O4S/c1-3-12-10(13)8-6-7(17(11,14)15)4-5-9(8)16-2/h4-6H,3H2,1-2H3,(H,12,13)(H2,11,14,15). The number of rotatable bonds is 4. The van der Waals surface area contributed by atoms with Gasteiger partial charge in [-0.3, -0.25) is 4.79 Å². The lowest BCUT2D eigenvalue weighted by molar-refractivity contribution is 0.0952. The van der Waals surface area contributed by atoms with E-state index in [-0.39, 0.29) is 10.5 Å². The summed E-state index contributed by atoms with van der Waals surface area (Å²) in [6, 6.07) is 3.88. The maximum Gasteiger partial charge on any atom is 0.255 e. The largest absolute Gasteiger partial charge is 0.496 e. The molecule has 0 aliphatic carbocycles. The molecule has 1 amide bonds. The second-order valence-corrected chi connectivity index (χ2v) is 4.83. The highest BCUT2D eigenvalue weighted by Crippen LogP contribution is 2.21. The topological polar surface area (TPSA) is 98.5 Å². The first-order valence-electron chi connectivity index (χ1n) is 4.89. The van der Waals surface area contributed by atoms with Crippen molar-refractivity contribution < 1.29 is 17.9 Å². The summed E-state index contributed by atoms with van der Waals surface area (Å²) < 4.78 is 27.3. The molecule has 0 fully saturated rings. The van der Waals surface area contributed by atoms with Gasteiger partial charge in [-0.2, -0.15) is 0 Å². The van der Waals surface area contributed by atoms with Gasteiger partial charge < -0.3 is 10.1 Å². The van der Waals surface area contributed by atoms with Crippen LogP contribution in [0.2, 0.25) is 0 Å². The lowest BCUT2D eigenvalue weighted by Crippen LogP contribution is -2.24. The molecule has 0 aliphatic heterocycles. The molecule has 6 nitrogen and oxygen atoms in total. The zero-order valence-corrected chi connectivity index (χ0v) is 10.4. The Bertz CT molecular complexity index is 525. The second kappa shape index (κ2) is 5.15. The van der Waals surface area contributed by atoms with Gasteiger partial charge in [0.2, 0.25) is 10.0 Å². The smallest absolute Gasteiger partial charge is 0.255 e. The summed E-state index contributed by atoms with van der Waals surface area (Å²) in [5, 5.41) is 7.55. The summed E-state index contributed by atoms with van der Waals surface area (Å²) in [6.45, 7) is 2.19. The summed E-state index contributed by atoms with van der Waals surface area (Å²) in [4.78, 5) is 11.6. The minimum Gasteiger partial charge on any atom is -0.496 e. The third-order valence-corrected chi connectivity index (χ3v) is 2.99. The molecule has 94 valence electrons. The molecule has 0 aliphatic rings. The molecule has 0 spiro atoms. The van der Waals surface area contributed by atoms with Crippen LogP contribution in [0.3, 0.4) is 0 Å². The first-order chi connectivity index (χ1) is 7.90. The second-order valence-electron chi connectivity index (χ2n) is 3.27. The fourth-order valence-electron chi connectivity index (χ4n) is 1.30. The van der Waals surface area contributed by atoms with Gasteiger partial charge in [0.25, 0.3) is 5.91 Å². The SMILES string of the molecule is CCNC(=O)c1cc(S(N)(=O)=O)ccc1OC. The molecule has 0 bridgehead atoms. The van der Waals surface area contributed by atoms with Crippen LogP contribution in [-0.4, -0.2) is 28.0 Å². The monoisotopic (exact) mass is 258 g/mol. The van der Waals surface area contributed by atoms with E-state index in [1.54, 1.807) is 6.92 Å². The minimum atomic E-state index is -3.83. The highest BCUT2D eigenvalue weighted by molar-refractivity contribution is 7.89. The van der Waals surface area contributed by atoms with E-state index in [0.717, 1.165) is 0 Å². The van der Waals surface area contributed by atoms with Crippen LogP contribution in [0.1, 0.15) is 17.3 Å². The minimum absolute atomic E-state index is 0.125. The van der Waals surface area contributed by atoms with E-state index in [1.165, 1.54) is 25.3 Å². The summed E-state index contributed by atoms with van der Waals surface area (Å²) >= 11 is 0. The molecule has 1 rings (SSSR count). The Morgan fingerprint density at radius 3 is 2.59 bits per heavy atom. The molecule has 1 aromatic carbocycles. The number of ether oxygens (including phenoxy) is 1. The molecule has 3 N–H and O–H groups in total. The third kappa shape index (κ3) is 3.18. The molecule has 0 saturated carbocycles. The number of carbonyl (C=O) groups is 1. The summed E-state index contributed by atoms with van der Waals surface area (Å²) in [6.07, 6.45) is 0. The average molecular weight is 258 g/mol. The number of benzene rings is 1. The van der Waals surface area contributed by atoms with Gasteiger partial charge in [0.05, 0.1) is 17.6 Å². The molecular formula is C10H14N2O4S. The van der Waals surface area contributed by atoms with E-state index in [4.69, 9.17) is 9.88 Å². The van der Waals surface area contributed by atoms with Crippen LogP contribution in [0.15, 0.2) is 23.1 Å². The van der Waals surface area contributed by atoms with Gasteiger partial charge in [0.1, 0.15) is 5.75 Å². The van der Waals surface area contributed by atoms with Crippen molar-refractivity contribution in [2.75, 3.05) is 13.7 Å². The molecule has 17 heavy (non-hydrogen) atoms. The van der Waals surface area contributed by atoms with E-state index in [1.807, 2.05) is 0 Å². The van der Waals surface area contributed by atoms with Crippen molar-refractivity contribution in [1.29, 1.82) is 0 Å². The Balaban J connectivity index is 3.30. The van der Waals surface area contributed by atoms with Crippen LogP contribution in [0.5, 0.6) is 5.75 Å². The van der Waals surface area contributed by atoms with Gasteiger partial charge in [-0.25, -0.2) is 13.6 Å². The van der Waals surface area contributed by atoms with Gasteiger partial charge in [0.15, 0.2) is 0 Å². The number of primary sulfonamides is 1. The van der Waals surface area contributed by atoms with Crippen molar-refractivity contribution in [3.05, 3.63) is 23.8 Å². The van der Waals surface area contributed by atoms with Crippen LogP contribution < -0.4 is 15.2 Å². The van der Waals surface area contributed by atoms with Gasteiger partial charge in [-0.15, -0.1) is 0 Å². The number of nitrogens with one attached hydrogen (secondary N) is 1. The Hall–Kier alpha value is -1.60. The molecule has 1 aromatic rings. The molecule has 0 radical (unpaired) electrons. The zero-order chi connectivity index (χ0) is 13.1. The number of methoxy groups -OCH3 is 1. The first kappa shape index (κ1) is 13.5. The number of sulfonamides is 1. The van der Waals surface area contributed by atoms with Gasteiger partial charge >= 0.3 is 0 Å². The van der Waals surface area contributed by atoms with Crippen molar-refractivity contribution >= 4 is 15.9 Å². The lowest BCUT2D eigenvalue weighted by atomic mass is 10.2. The number of amides is 1. The van der Waals surface area contributed by atoms with Crippen molar-refractivity contribution in [2.45, 2.75) is 11.8 Å². The highest BCUT2D eigenvalue weighted by atomic mass is 32.2. The van der Waals surface area contributed by atoms with Crippen LogP contribution in [0.4, 0.5) is 0 Å². The number of carbonyl (C=O) groups excluding carboxylic acids is 1. The van der Waals surface area contributed by atoms with Crippen molar-refractivity contribution in [3.8, 4) is 5.75 Å². The Morgan fingerprint density at radius 1 is 1.47 bits per heavy atom. The molecule has 0 atom stereocenters. The summed E-state index contributed by atoms with van der Waals surface area (Å²) in [7, 11) is -2.44. The number of nitrogens with two attached hydrogens (primary N) is 1. The molecule has 0 saturated heterocycles. The zero-order valence-electron chi connectivity index (χ0n) is 9.56. The van der Waals surface area contributed by atoms with Crippen LogP contribution >= 0.6 is 0 Å². The highest BCUT2D eigenvalue weighted by Gasteiger charge is 2.16. The third-order valence-electron chi connectivity index (χ3n) is 2.08. The molecule has 0 aromatic heterocycles. The quantitative estimate of drug-likeness (QED) is 0.799. The fraction of sp³-hybridized carbons (Fsp3) is 0.300. The van der Waals surface area contributed by atoms with Crippen LogP contribution in [-0.2, 0) is 10.0 Å². The predicted octanol–water partition coefficient (Wildman–Crippen LogP) is 0.0923. The number of hydrogen-bond donors (Lipinski definition) is 2. The number of hydrogen-bond acceptors (Lipinski definition) is 4. The van der Waals surface area contributed by atoms with E-state index >= 15 is 0 Å². The molecule has 0 unspecified atom stereocenters. The predicted molar refractivity (Wildman–Crippen MR) is 62.4 cm³/mol. The van der Waals surface area contributed by atoms with E-state index in [9.17, 15) is 13.2 Å². The van der Waals surface area contributed by atoms with Gasteiger partial charge in [-0.05, 0) is 25.1 Å². The Morgan fingerprint density at radius 2 is 2.12 bits per heavy atom. The van der Waals surface area contributed by atoms with E-state index < -0.39 is 15.9 Å². The fourth-order valence-corrected chi connectivity index (χ4v) is 1.84. The Labute approximate surface area is 99.8 Å². The van der Waals surface area contributed by atoms with Gasteiger partial charge in [0, 0.05) is 6.54 Å². The Kier molecular flexibility index (Phi) is 4.08. The first-order valence-corrected chi connectivity index (χ1v) is 6.43. The van der Waals surface area contributed by atoms with Crippen molar-refractivity contribution in [3.63, 3.8) is 0 Å². The maximum absolute atomic E-state index is 11.7. The summed E-state index contributed by atoms with van der Waals surface area (Å²) in [5.74, 6) is -0.113. The average Bonchev–Trinajstić information content (AvgIpc) is 2.27. The normalized spacial score (nSPS) is 11.0. The van der Waals surface area contributed by atoms with E-state index in [0.29, 0.717) is 12.3 Å². The van der Waals surface area contributed by atoms with Crippen molar-refractivity contribution in [2.24, 2.45) is 5.14 Å². The molecule has 7 heteroatoms. The van der Waals surface area contributed by atoms with Crippen LogP contribution in [0, 0.1) is 0 Å². The maximum atomic E-state index is 11.7. The van der Waals surface area contributed by atoms with Crippen LogP contribution in [0.25, 0.3) is 0 Å². The van der Waals surface area contributed by atoms with E-state index in [2.05, 4.69) is 5.32 Å². The molecule has 0 heterocycles.